The molecule has 0 unspecified atom stereocenters. The summed E-state index contributed by atoms with van der Waals surface area (Å²) in [5.41, 5.74) is 0.389. The Kier molecular flexibility index (Phi) is 3.86. The van der Waals surface area contributed by atoms with Crippen LogP contribution < -0.4 is 0 Å². The fourth-order valence-electron chi connectivity index (χ4n) is 3.05. The molecule has 1 aliphatic heterocycles. The van der Waals surface area contributed by atoms with E-state index in [-0.39, 0.29) is 0 Å². The second-order valence-electron chi connectivity index (χ2n) is 7.53. The Labute approximate surface area is 152 Å². The van der Waals surface area contributed by atoms with Crippen molar-refractivity contribution in [2.75, 3.05) is 0 Å². The first-order valence-electron chi connectivity index (χ1n) is 8.65. The Morgan fingerprint density at radius 1 is 1.00 bits per heavy atom. The Morgan fingerprint density at radius 3 is 2.38 bits per heavy atom. The largest absolute Gasteiger partial charge is 0.525 e. The van der Waals surface area contributed by atoms with E-state index in [1.165, 1.54) is 6.08 Å². The number of halogens is 1. The van der Waals surface area contributed by atoms with Crippen LogP contribution in [0.5, 0.6) is 0 Å². The number of para-hydroxylation sites is 1. The van der Waals surface area contributed by atoms with Gasteiger partial charge in [-0.25, -0.2) is 9.37 Å². The Balaban J connectivity index is 1.83. The van der Waals surface area contributed by atoms with Crippen LogP contribution >= 0.6 is 0 Å². The van der Waals surface area contributed by atoms with Crippen LogP contribution in [0.15, 0.2) is 48.3 Å². The van der Waals surface area contributed by atoms with E-state index in [4.69, 9.17) is 9.31 Å². The molecule has 1 saturated heterocycles. The minimum atomic E-state index is -1.04. The molecule has 132 valence electrons. The number of nitrogens with zero attached hydrogens (tertiary/aromatic N) is 2. The Hall–Kier alpha value is -2.31. The second kappa shape index (κ2) is 5.86. The van der Waals surface area contributed by atoms with Crippen LogP contribution in [0, 0.1) is 0 Å². The molecule has 2 aromatic heterocycles. The molecule has 3 aromatic rings. The quantitative estimate of drug-likeness (QED) is 0.495. The molecule has 3 heterocycles. The van der Waals surface area contributed by atoms with Crippen LogP contribution in [0.25, 0.3) is 27.9 Å². The van der Waals surface area contributed by atoms with E-state index in [0.29, 0.717) is 5.69 Å². The van der Waals surface area contributed by atoms with E-state index >= 15 is 0 Å². The minimum absolute atomic E-state index is 0.503. The molecule has 0 spiro atoms. The zero-order valence-corrected chi connectivity index (χ0v) is 15.3. The number of fused-ring (bicyclic) bond motifs is 3. The van der Waals surface area contributed by atoms with Gasteiger partial charge in [-0.3, -0.25) is 4.98 Å². The number of hydrogen-bond donors (Lipinski definition) is 0. The molecule has 4 rings (SSSR count). The van der Waals surface area contributed by atoms with Crippen molar-refractivity contribution in [1.82, 2.24) is 9.97 Å². The number of pyridine rings is 2. The van der Waals surface area contributed by atoms with Crippen LogP contribution in [0.2, 0.25) is 0 Å². The summed E-state index contributed by atoms with van der Waals surface area (Å²) in [5.74, 6) is 0. The summed E-state index contributed by atoms with van der Waals surface area (Å²) in [7, 11) is -1.04. The fourth-order valence-corrected chi connectivity index (χ4v) is 3.05. The summed E-state index contributed by atoms with van der Waals surface area (Å²) in [6.45, 7) is 7.59. The predicted octanol–water partition coefficient (Wildman–Crippen LogP) is 4.72. The fraction of sp³-hybridized carbons (Fsp3) is 0.300. The smallest absolute Gasteiger partial charge is 0.398 e. The average Bonchev–Trinajstić information content (AvgIpc) is 2.83. The maximum Gasteiger partial charge on any atom is 0.525 e. The molecule has 0 bridgehead atoms. The second-order valence-corrected chi connectivity index (χ2v) is 7.53. The van der Waals surface area contributed by atoms with Gasteiger partial charge < -0.3 is 9.31 Å². The van der Waals surface area contributed by atoms with Gasteiger partial charge in [0.15, 0.2) is 0 Å². The molecule has 0 atom stereocenters. The van der Waals surface area contributed by atoms with Crippen molar-refractivity contribution in [3.8, 4) is 0 Å². The van der Waals surface area contributed by atoms with Crippen molar-refractivity contribution < 1.29 is 13.7 Å². The van der Waals surface area contributed by atoms with Crippen LogP contribution in [0.3, 0.4) is 0 Å². The highest BCUT2D eigenvalue weighted by Crippen LogP contribution is 2.39. The van der Waals surface area contributed by atoms with Gasteiger partial charge in [-0.15, -0.1) is 0 Å². The van der Waals surface area contributed by atoms with E-state index in [1.807, 2.05) is 64.1 Å². The van der Waals surface area contributed by atoms with Crippen molar-refractivity contribution in [3.63, 3.8) is 0 Å². The molecular weight excluding hydrogens is 330 g/mol. The van der Waals surface area contributed by atoms with Gasteiger partial charge in [0.1, 0.15) is 5.73 Å². The van der Waals surface area contributed by atoms with Crippen molar-refractivity contribution in [1.29, 1.82) is 0 Å². The lowest BCUT2D eigenvalue weighted by Gasteiger charge is -2.32. The summed E-state index contributed by atoms with van der Waals surface area (Å²) < 4.78 is 26.5. The van der Waals surface area contributed by atoms with Crippen molar-refractivity contribution in [2.24, 2.45) is 0 Å². The average molecular weight is 350 g/mol. The molecule has 26 heavy (non-hydrogen) atoms. The van der Waals surface area contributed by atoms with E-state index in [1.54, 1.807) is 6.20 Å². The minimum Gasteiger partial charge on any atom is -0.398 e. The van der Waals surface area contributed by atoms with Gasteiger partial charge in [-0.05, 0) is 52.0 Å². The molecule has 1 aliphatic rings. The number of rotatable bonds is 2. The van der Waals surface area contributed by atoms with Crippen LogP contribution in [0.1, 0.15) is 33.4 Å². The summed E-state index contributed by atoms with van der Waals surface area (Å²) >= 11 is 0. The summed E-state index contributed by atoms with van der Waals surface area (Å²) in [6, 6.07) is 11.4. The lowest BCUT2D eigenvalue weighted by atomic mass is 9.87. The molecular formula is C20H20BFN2O2. The standard InChI is InChI=1S/C20H20BFN2O2/c1-19(2)20(3,4)26-21(25-19)17(22)12-16-14-9-7-11-23-18(14)13-8-5-6-10-15(13)24-16/h5-12H,1-4H3. The Bertz CT molecular complexity index is 1020. The zero-order chi connectivity index (χ0) is 18.5. The van der Waals surface area contributed by atoms with E-state index in [9.17, 15) is 4.39 Å². The highest BCUT2D eigenvalue weighted by atomic mass is 19.1. The van der Waals surface area contributed by atoms with Crippen molar-refractivity contribution in [2.45, 2.75) is 38.9 Å². The van der Waals surface area contributed by atoms with Gasteiger partial charge in [0.2, 0.25) is 0 Å². The number of hydrogen-bond acceptors (Lipinski definition) is 4. The predicted molar refractivity (Wildman–Crippen MR) is 102 cm³/mol. The first-order valence-corrected chi connectivity index (χ1v) is 8.65. The third kappa shape index (κ3) is 2.70. The molecule has 4 nitrogen and oxygen atoms in total. The van der Waals surface area contributed by atoms with Gasteiger partial charge in [0, 0.05) is 17.0 Å². The molecule has 0 aliphatic carbocycles. The third-order valence-electron chi connectivity index (χ3n) is 5.24. The molecule has 6 heteroatoms. The Morgan fingerprint density at radius 2 is 1.65 bits per heavy atom. The molecule has 1 aromatic carbocycles. The van der Waals surface area contributed by atoms with Crippen LogP contribution in [-0.4, -0.2) is 28.3 Å². The van der Waals surface area contributed by atoms with E-state index in [0.717, 1.165) is 21.8 Å². The van der Waals surface area contributed by atoms with Gasteiger partial charge in [-0.1, -0.05) is 18.2 Å². The summed E-state index contributed by atoms with van der Waals surface area (Å²) in [4.78, 5) is 9.09. The monoisotopic (exact) mass is 350 g/mol. The molecule has 1 fully saturated rings. The van der Waals surface area contributed by atoms with Crippen molar-refractivity contribution in [3.05, 3.63) is 54.0 Å². The number of benzene rings is 1. The van der Waals surface area contributed by atoms with Gasteiger partial charge in [-0.2, -0.15) is 0 Å². The van der Waals surface area contributed by atoms with Crippen LogP contribution in [-0.2, 0) is 9.31 Å². The van der Waals surface area contributed by atoms with Gasteiger partial charge in [0.05, 0.1) is 27.9 Å². The topological polar surface area (TPSA) is 44.2 Å². The highest BCUT2D eigenvalue weighted by Gasteiger charge is 2.53. The maximum absolute atomic E-state index is 15.0. The van der Waals surface area contributed by atoms with E-state index < -0.39 is 24.0 Å². The van der Waals surface area contributed by atoms with Crippen LogP contribution in [0.4, 0.5) is 4.39 Å². The molecule has 0 radical (unpaired) electrons. The third-order valence-corrected chi connectivity index (χ3v) is 5.24. The first kappa shape index (κ1) is 17.1. The first-order chi connectivity index (χ1) is 12.3. The summed E-state index contributed by atoms with van der Waals surface area (Å²) in [5, 5.41) is 1.73. The molecule has 0 saturated carbocycles. The van der Waals surface area contributed by atoms with Crippen molar-refractivity contribution >= 4 is 35.0 Å². The highest BCUT2D eigenvalue weighted by molar-refractivity contribution is 6.54. The van der Waals surface area contributed by atoms with E-state index in [2.05, 4.69) is 9.97 Å². The van der Waals surface area contributed by atoms with Gasteiger partial charge in [0.25, 0.3) is 0 Å². The molecule has 0 amide bonds. The normalized spacial score (nSPS) is 19.4. The maximum atomic E-state index is 15.0. The van der Waals surface area contributed by atoms with Gasteiger partial charge >= 0.3 is 7.12 Å². The summed E-state index contributed by atoms with van der Waals surface area (Å²) in [6.07, 6.45) is 3.12. The molecule has 0 N–H and O–H groups in total. The number of aromatic nitrogens is 2. The zero-order valence-electron chi connectivity index (χ0n) is 15.3. The SMILES string of the molecule is CC1(C)OB(C(F)=Cc2nc3ccccc3c3ncccc23)OC1(C)C. The lowest BCUT2D eigenvalue weighted by molar-refractivity contribution is 0.00578. The lowest BCUT2D eigenvalue weighted by Crippen LogP contribution is -2.41.